The van der Waals surface area contributed by atoms with Crippen molar-refractivity contribution < 1.29 is 9.90 Å². The minimum Gasteiger partial charge on any atom is -0.478 e. The number of carboxylic acid groups (broad SMARTS) is 1. The summed E-state index contributed by atoms with van der Waals surface area (Å²) in [7, 11) is 0. The van der Waals surface area contributed by atoms with Crippen molar-refractivity contribution in [1.29, 1.82) is 0 Å². The van der Waals surface area contributed by atoms with Crippen LogP contribution in [0.4, 0.5) is 0 Å². The van der Waals surface area contributed by atoms with Crippen LogP contribution in [0, 0.1) is 12.3 Å². The molecule has 0 aliphatic heterocycles. The Bertz CT molecular complexity index is 1020. The van der Waals surface area contributed by atoms with E-state index in [-0.39, 0.29) is 5.56 Å². The van der Waals surface area contributed by atoms with Gasteiger partial charge in [0, 0.05) is 18.2 Å². The SMILES string of the molecule is C#CCCn1nc(C=S)nc1Cc1ccc(-c2ccccc2C(=O)O)cc1. The fourth-order valence-corrected chi connectivity index (χ4v) is 2.93. The molecular weight excluding hydrogens is 358 g/mol. The summed E-state index contributed by atoms with van der Waals surface area (Å²) in [6.45, 7) is 0.589. The Kier molecular flexibility index (Phi) is 5.74. The van der Waals surface area contributed by atoms with Crippen molar-refractivity contribution in [3.05, 3.63) is 71.3 Å². The number of nitrogens with zero attached hydrogens (tertiary/aromatic N) is 3. The van der Waals surface area contributed by atoms with Crippen LogP contribution in [-0.2, 0) is 13.0 Å². The molecule has 0 unspecified atom stereocenters. The number of benzene rings is 2. The summed E-state index contributed by atoms with van der Waals surface area (Å²) < 4.78 is 1.78. The first-order chi connectivity index (χ1) is 13.1. The predicted molar refractivity (Wildman–Crippen MR) is 108 cm³/mol. The summed E-state index contributed by atoms with van der Waals surface area (Å²) >= 11 is 4.92. The van der Waals surface area contributed by atoms with Crippen molar-refractivity contribution in [1.82, 2.24) is 14.8 Å². The maximum absolute atomic E-state index is 11.4. The second-order valence-electron chi connectivity index (χ2n) is 5.91. The van der Waals surface area contributed by atoms with Crippen LogP contribution in [-0.4, -0.2) is 31.2 Å². The molecule has 0 bridgehead atoms. The number of aromatic nitrogens is 3. The van der Waals surface area contributed by atoms with Gasteiger partial charge >= 0.3 is 5.97 Å². The van der Waals surface area contributed by atoms with E-state index in [1.807, 2.05) is 30.3 Å². The van der Waals surface area contributed by atoms with Gasteiger partial charge in [0.05, 0.1) is 12.1 Å². The van der Waals surface area contributed by atoms with E-state index in [4.69, 9.17) is 18.6 Å². The third-order valence-electron chi connectivity index (χ3n) is 4.12. The summed E-state index contributed by atoms with van der Waals surface area (Å²) in [6.07, 6.45) is 6.49. The van der Waals surface area contributed by atoms with Crippen LogP contribution >= 0.6 is 12.2 Å². The number of aryl methyl sites for hydroxylation is 1. The minimum atomic E-state index is -0.941. The van der Waals surface area contributed by atoms with Gasteiger partial charge in [-0.25, -0.2) is 14.5 Å². The van der Waals surface area contributed by atoms with E-state index in [0.717, 1.165) is 17.0 Å². The molecule has 0 aliphatic rings. The second kappa shape index (κ2) is 8.39. The first-order valence-corrected chi connectivity index (χ1v) is 8.83. The number of rotatable bonds is 7. The van der Waals surface area contributed by atoms with E-state index in [1.165, 1.54) is 5.37 Å². The monoisotopic (exact) mass is 375 g/mol. The molecule has 0 saturated carbocycles. The van der Waals surface area contributed by atoms with E-state index in [1.54, 1.807) is 22.9 Å². The molecule has 0 amide bonds. The van der Waals surface area contributed by atoms with Gasteiger partial charge in [-0.05, 0) is 22.8 Å². The molecule has 0 spiro atoms. The van der Waals surface area contributed by atoms with Crippen molar-refractivity contribution in [3.8, 4) is 23.5 Å². The Morgan fingerprint density at radius 3 is 2.63 bits per heavy atom. The van der Waals surface area contributed by atoms with Crippen LogP contribution in [0.25, 0.3) is 11.1 Å². The number of carboxylic acids is 1. The van der Waals surface area contributed by atoms with Crippen molar-refractivity contribution >= 4 is 23.6 Å². The van der Waals surface area contributed by atoms with Crippen LogP contribution in [0.15, 0.2) is 48.5 Å². The van der Waals surface area contributed by atoms with E-state index in [2.05, 4.69) is 16.0 Å². The highest BCUT2D eigenvalue weighted by atomic mass is 32.1. The number of hydrogen-bond donors (Lipinski definition) is 1. The quantitative estimate of drug-likeness (QED) is 0.505. The zero-order valence-corrected chi connectivity index (χ0v) is 15.3. The Hall–Kier alpha value is -3.30. The van der Waals surface area contributed by atoms with Crippen molar-refractivity contribution in [2.45, 2.75) is 19.4 Å². The zero-order chi connectivity index (χ0) is 19.2. The number of carbonyl (C=O) groups is 1. The normalized spacial score (nSPS) is 10.3. The van der Waals surface area contributed by atoms with Crippen LogP contribution in [0.5, 0.6) is 0 Å². The van der Waals surface area contributed by atoms with Gasteiger partial charge < -0.3 is 5.11 Å². The fraction of sp³-hybridized carbons (Fsp3) is 0.143. The Balaban J connectivity index is 1.85. The summed E-state index contributed by atoms with van der Waals surface area (Å²) in [6, 6.07) is 14.7. The highest BCUT2D eigenvalue weighted by molar-refractivity contribution is 7.79. The highest BCUT2D eigenvalue weighted by Crippen LogP contribution is 2.24. The smallest absolute Gasteiger partial charge is 0.336 e. The van der Waals surface area contributed by atoms with Gasteiger partial charge in [0.2, 0.25) is 0 Å². The molecule has 3 rings (SSSR count). The van der Waals surface area contributed by atoms with Gasteiger partial charge in [0.15, 0.2) is 5.82 Å². The number of thiocarbonyl (C=S) groups is 1. The van der Waals surface area contributed by atoms with E-state index < -0.39 is 5.97 Å². The average Bonchev–Trinajstić information content (AvgIpc) is 3.08. The first-order valence-electron chi connectivity index (χ1n) is 8.36. The molecule has 134 valence electrons. The molecule has 3 aromatic rings. The van der Waals surface area contributed by atoms with Gasteiger partial charge in [0.1, 0.15) is 5.82 Å². The molecule has 0 atom stereocenters. The van der Waals surface area contributed by atoms with Gasteiger partial charge in [0.25, 0.3) is 0 Å². The van der Waals surface area contributed by atoms with E-state index in [0.29, 0.717) is 30.8 Å². The summed E-state index contributed by atoms with van der Waals surface area (Å²) in [5.74, 6) is 2.96. The lowest BCUT2D eigenvalue weighted by atomic mass is 9.98. The lowest BCUT2D eigenvalue weighted by Gasteiger charge is -2.08. The first kappa shape index (κ1) is 18.5. The molecule has 1 N–H and O–H groups in total. The van der Waals surface area contributed by atoms with Crippen LogP contribution in [0.3, 0.4) is 0 Å². The topological polar surface area (TPSA) is 68.0 Å². The average molecular weight is 375 g/mol. The van der Waals surface area contributed by atoms with Gasteiger partial charge in [-0.2, -0.15) is 5.10 Å². The van der Waals surface area contributed by atoms with E-state index in [9.17, 15) is 9.90 Å². The number of hydrogen-bond acceptors (Lipinski definition) is 4. The molecule has 0 radical (unpaired) electrons. The molecular formula is C21H17N3O2S. The molecule has 5 nitrogen and oxygen atoms in total. The third kappa shape index (κ3) is 4.27. The van der Waals surface area contributed by atoms with Gasteiger partial charge in [-0.1, -0.05) is 54.7 Å². The van der Waals surface area contributed by atoms with Gasteiger partial charge in [-0.15, -0.1) is 12.3 Å². The predicted octanol–water partition coefficient (Wildman–Crippen LogP) is 3.61. The standard InChI is InChI=1S/C21H17N3O2S/c1-2-3-12-24-20(22-19(14-27)23-24)13-15-8-10-16(11-9-15)17-6-4-5-7-18(17)21(25)26/h1,4-11,14H,3,12-13H2,(H,25,26). The molecule has 0 aliphatic carbocycles. The van der Waals surface area contributed by atoms with Crippen LogP contribution in [0.2, 0.25) is 0 Å². The third-order valence-corrected chi connectivity index (χ3v) is 4.33. The van der Waals surface area contributed by atoms with Crippen molar-refractivity contribution in [2.75, 3.05) is 0 Å². The highest BCUT2D eigenvalue weighted by Gasteiger charge is 2.12. The van der Waals surface area contributed by atoms with Gasteiger partial charge in [-0.3, -0.25) is 0 Å². The Morgan fingerprint density at radius 2 is 1.96 bits per heavy atom. The lowest BCUT2D eigenvalue weighted by Crippen LogP contribution is -2.06. The number of aromatic carboxylic acids is 1. The summed E-state index contributed by atoms with van der Waals surface area (Å²) in [5.41, 5.74) is 2.86. The molecule has 0 fully saturated rings. The van der Waals surface area contributed by atoms with Crippen molar-refractivity contribution in [3.63, 3.8) is 0 Å². The molecule has 0 saturated heterocycles. The molecule has 1 aromatic heterocycles. The maximum Gasteiger partial charge on any atom is 0.336 e. The summed E-state index contributed by atoms with van der Waals surface area (Å²) in [4.78, 5) is 15.9. The maximum atomic E-state index is 11.4. The van der Waals surface area contributed by atoms with Crippen molar-refractivity contribution in [2.24, 2.45) is 0 Å². The Morgan fingerprint density at radius 1 is 1.22 bits per heavy atom. The van der Waals surface area contributed by atoms with Crippen LogP contribution in [0.1, 0.15) is 34.0 Å². The zero-order valence-electron chi connectivity index (χ0n) is 14.5. The molecule has 27 heavy (non-hydrogen) atoms. The largest absolute Gasteiger partial charge is 0.478 e. The number of terminal acetylenes is 1. The van der Waals surface area contributed by atoms with E-state index >= 15 is 0 Å². The van der Waals surface area contributed by atoms with Crippen LogP contribution < -0.4 is 0 Å². The lowest BCUT2D eigenvalue weighted by molar-refractivity contribution is 0.0697. The second-order valence-corrected chi connectivity index (χ2v) is 6.14. The molecule has 1 heterocycles. The molecule has 6 heteroatoms. The minimum absolute atomic E-state index is 0.282. The summed E-state index contributed by atoms with van der Waals surface area (Å²) in [5, 5.41) is 15.1. The fourth-order valence-electron chi connectivity index (χ4n) is 2.83. The Labute approximate surface area is 162 Å². The molecule has 2 aromatic carbocycles.